The van der Waals surface area contributed by atoms with Gasteiger partial charge in [0, 0.05) is 24.1 Å². The average molecular weight is 219 g/mol. The molecule has 0 aliphatic heterocycles. The molecule has 0 heterocycles. The van der Waals surface area contributed by atoms with Crippen LogP contribution >= 0.6 is 0 Å². The van der Waals surface area contributed by atoms with E-state index in [-0.39, 0.29) is 17.6 Å². The second-order valence-electron chi connectivity index (χ2n) is 3.93. The number of ketones is 1. The first-order valence-corrected chi connectivity index (χ1v) is 5.46. The third kappa shape index (κ3) is 3.19. The van der Waals surface area contributed by atoms with E-state index in [0.29, 0.717) is 11.3 Å². The molecule has 0 saturated heterocycles. The Bertz CT molecular complexity index is 381. The second-order valence-corrected chi connectivity index (χ2v) is 3.93. The summed E-state index contributed by atoms with van der Waals surface area (Å²) in [6.45, 7) is 5.37. The summed E-state index contributed by atoms with van der Waals surface area (Å²) in [6, 6.07) is 6.99. The molecule has 1 aromatic carbocycles. The van der Waals surface area contributed by atoms with E-state index < -0.39 is 0 Å². The molecule has 0 radical (unpaired) electrons. The Balaban J connectivity index is 2.78. The number of benzene rings is 1. The Morgan fingerprint density at radius 2 is 1.81 bits per heavy atom. The molecule has 0 aromatic heterocycles. The molecule has 3 heteroatoms. The van der Waals surface area contributed by atoms with Gasteiger partial charge in [0.05, 0.1) is 0 Å². The van der Waals surface area contributed by atoms with Crippen LogP contribution in [0, 0.1) is 5.92 Å². The summed E-state index contributed by atoms with van der Waals surface area (Å²) in [7, 11) is 0. The largest absolute Gasteiger partial charge is 0.326 e. The van der Waals surface area contributed by atoms with Gasteiger partial charge in [0.25, 0.3) is 0 Å². The number of carbonyl (C=O) groups excluding carboxylic acids is 2. The molecule has 3 nitrogen and oxygen atoms in total. The van der Waals surface area contributed by atoms with Gasteiger partial charge in [0.2, 0.25) is 5.91 Å². The molecule has 1 rings (SSSR count). The van der Waals surface area contributed by atoms with Gasteiger partial charge in [-0.1, -0.05) is 13.8 Å². The minimum atomic E-state index is -0.110. The van der Waals surface area contributed by atoms with E-state index >= 15 is 0 Å². The minimum absolute atomic E-state index is 0.0478. The second kappa shape index (κ2) is 5.45. The van der Waals surface area contributed by atoms with Crippen molar-refractivity contribution in [2.24, 2.45) is 5.92 Å². The minimum Gasteiger partial charge on any atom is -0.326 e. The van der Waals surface area contributed by atoms with E-state index in [0.717, 1.165) is 6.42 Å². The van der Waals surface area contributed by atoms with Gasteiger partial charge >= 0.3 is 0 Å². The zero-order valence-corrected chi connectivity index (χ0v) is 9.91. The molecule has 1 N–H and O–H groups in total. The van der Waals surface area contributed by atoms with Crippen LogP contribution in [-0.2, 0) is 4.79 Å². The van der Waals surface area contributed by atoms with Crippen LogP contribution in [-0.4, -0.2) is 11.7 Å². The summed E-state index contributed by atoms with van der Waals surface area (Å²) >= 11 is 0. The van der Waals surface area contributed by atoms with Gasteiger partial charge in [-0.05, 0) is 30.7 Å². The Hall–Kier alpha value is -1.64. The highest BCUT2D eigenvalue weighted by atomic mass is 16.1. The predicted molar refractivity (Wildman–Crippen MR) is 64.5 cm³/mol. The molecule has 0 aliphatic carbocycles. The molecule has 1 amide bonds. The molecule has 1 aromatic rings. The van der Waals surface area contributed by atoms with Gasteiger partial charge in [-0.3, -0.25) is 9.59 Å². The molecule has 0 spiro atoms. The van der Waals surface area contributed by atoms with Crippen molar-refractivity contribution in [3.05, 3.63) is 29.8 Å². The Morgan fingerprint density at radius 1 is 1.25 bits per heavy atom. The lowest BCUT2D eigenvalue weighted by atomic mass is 9.97. The normalized spacial score (nSPS) is 11.9. The van der Waals surface area contributed by atoms with E-state index in [9.17, 15) is 9.59 Å². The highest BCUT2D eigenvalue weighted by Gasteiger charge is 2.12. The van der Waals surface area contributed by atoms with Crippen LogP contribution in [0.1, 0.15) is 37.6 Å². The fourth-order valence-electron chi connectivity index (χ4n) is 1.39. The van der Waals surface area contributed by atoms with Crippen molar-refractivity contribution in [1.29, 1.82) is 0 Å². The smallest absolute Gasteiger partial charge is 0.221 e. The fourth-order valence-corrected chi connectivity index (χ4v) is 1.39. The summed E-state index contributed by atoms with van der Waals surface area (Å²) in [6.07, 6.45) is 0.840. The maximum atomic E-state index is 11.8. The van der Waals surface area contributed by atoms with Crippen LogP contribution in [0.2, 0.25) is 0 Å². The predicted octanol–water partition coefficient (Wildman–Crippen LogP) is 2.87. The number of Topliss-reactive ketones (excluding diaryl/α,β-unsaturated/α-hetero) is 1. The SMILES string of the molecule is CCC(C)C(=O)c1ccc(NC(C)=O)cc1. The van der Waals surface area contributed by atoms with Crippen LogP contribution in [0.15, 0.2) is 24.3 Å². The summed E-state index contributed by atoms with van der Waals surface area (Å²) < 4.78 is 0. The molecule has 86 valence electrons. The van der Waals surface area contributed by atoms with Crippen molar-refractivity contribution in [3.8, 4) is 0 Å². The van der Waals surface area contributed by atoms with E-state index in [1.54, 1.807) is 24.3 Å². The lowest BCUT2D eigenvalue weighted by molar-refractivity contribution is -0.114. The Labute approximate surface area is 95.9 Å². The molecule has 1 atom stereocenters. The lowest BCUT2D eigenvalue weighted by Gasteiger charge is -2.08. The number of hydrogen-bond donors (Lipinski definition) is 1. The molecule has 0 aliphatic rings. The molecule has 0 saturated carbocycles. The van der Waals surface area contributed by atoms with Gasteiger partial charge in [0.15, 0.2) is 5.78 Å². The van der Waals surface area contributed by atoms with Crippen molar-refractivity contribution in [1.82, 2.24) is 0 Å². The topological polar surface area (TPSA) is 46.2 Å². The van der Waals surface area contributed by atoms with Crippen LogP contribution < -0.4 is 5.32 Å². The van der Waals surface area contributed by atoms with Gasteiger partial charge in [-0.15, -0.1) is 0 Å². The van der Waals surface area contributed by atoms with Crippen LogP contribution in [0.5, 0.6) is 0 Å². The number of nitrogens with one attached hydrogen (secondary N) is 1. The average Bonchev–Trinajstić information content (AvgIpc) is 2.27. The van der Waals surface area contributed by atoms with E-state index in [4.69, 9.17) is 0 Å². The Morgan fingerprint density at radius 3 is 2.25 bits per heavy atom. The highest BCUT2D eigenvalue weighted by Crippen LogP contribution is 2.15. The molecule has 0 bridgehead atoms. The summed E-state index contributed by atoms with van der Waals surface area (Å²) in [5, 5.41) is 2.66. The maximum Gasteiger partial charge on any atom is 0.221 e. The fraction of sp³-hybridized carbons (Fsp3) is 0.385. The number of anilines is 1. The molecular formula is C13H17NO2. The van der Waals surface area contributed by atoms with Crippen molar-refractivity contribution >= 4 is 17.4 Å². The zero-order valence-electron chi connectivity index (χ0n) is 9.91. The number of amides is 1. The zero-order chi connectivity index (χ0) is 12.1. The van der Waals surface area contributed by atoms with Crippen molar-refractivity contribution in [2.75, 3.05) is 5.32 Å². The quantitative estimate of drug-likeness (QED) is 0.791. The number of carbonyl (C=O) groups is 2. The van der Waals surface area contributed by atoms with Crippen LogP contribution in [0.4, 0.5) is 5.69 Å². The monoisotopic (exact) mass is 219 g/mol. The van der Waals surface area contributed by atoms with Gasteiger partial charge in [0.1, 0.15) is 0 Å². The molecule has 0 fully saturated rings. The van der Waals surface area contributed by atoms with E-state index in [1.165, 1.54) is 6.92 Å². The van der Waals surface area contributed by atoms with Crippen LogP contribution in [0.3, 0.4) is 0 Å². The Kier molecular flexibility index (Phi) is 4.23. The van der Waals surface area contributed by atoms with Crippen molar-refractivity contribution in [3.63, 3.8) is 0 Å². The summed E-state index contributed by atoms with van der Waals surface area (Å²) in [4.78, 5) is 22.6. The van der Waals surface area contributed by atoms with Crippen LogP contribution in [0.25, 0.3) is 0 Å². The summed E-state index contributed by atoms with van der Waals surface area (Å²) in [5.74, 6) is 0.0875. The van der Waals surface area contributed by atoms with Crippen molar-refractivity contribution in [2.45, 2.75) is 27.2 Å². The van der Waals surface area contributed by atoms with E-state index in [2.05, 4.69) is 5.32 Å². The number of rotatable bonds is 4. The van der Waals surface area contributed by atoms with E-state index in [1.807, 2.05) is 13.8 Å². The van der Waals surface area contributed by atoms with Gasteiger partial charge in [-0.25, -0.2) is 0 Å². The van der Waals surface area contributed by atoms with Crippen molar-refractivity contribution < 1.29 is 9.59 Å². The first-order chi connectivity index (χ1) is 7.54. The standard InChI is InChI=1S/C13H17NO2/c1-4-9(2)13(16)11-5-7-12(8-6-11)14-10(3)15/h5-9H,4H2,1-3H3,(H,14,15). The third-order valence-electron chi connectivity index (χ3n) is 2.55. The molecular weight excluding hydrogens is 202 g/mol. The van der Waals surface area contributed by atoms with Gasteiger partial charge < -0.3 is 5.32 Å². The maximum absolute atomic E-state index is 11.8. The first-order valence-electron chi connectivity index (χ1n) is 5.46. The van der Waals surface area contributed by atoms with Gasteiger partial charge in [-0.2, -0.15) is 0 Å². The highest BCUT2D eigenvalue weighted by molar-refractivity contribution is 5.98. The number of hydrogen-bond acceptors (Lipinski definition) is 2. The third-order valence-corrected chi connectivity index (χ3v) is 2.55. The lowest BCUT2D eigenvalue weighted by Crippen LogP contribution is -2.10. The first kappa shape index (κ1) is 12.4. The summed E-state index contributed by atoms with van der Waals surface area (Å²) in [5.41, 5.74) is 1.41. The molecule has 1 unspecified atom stereocenters. The molecule has 16 heavy (non-hydrogen) atoms.